The van der Waals surface area contributed by atoms with E-state index in [-0.39, 0.29) is 60.2 Å². The van der Waals surface area contributed by atoms with Gasteiger partial charge in [0.2, 0.25) is 0 Å². The molecule has 8 rings (SSSR count). The zero-order valence-corrected chi connectivity index (χ0v) is 37.5. The first-order valence-electron chi connectivity index (χ1n) is 25.2. The molecule has 0 unspecified atom stereocenters. The molecule has 0 radical (unpaired) electrons. The molecular weight excluding hydrogens is 914 g/mol. The number of phenolic OH excluding ortho intramolecular Hbond substituents is 1. The molecule has 306 valence electrons. The minimum atomic E-state index is -2.60. The second kappa shape index (κ2) is 16.1. The molecule has 60 heavy (non-hydrogen) atoms. The van der Waals surface area contributed by atoms with E-state index in [9.17, 15) is 6.48 Å². The number of hydrogen-bond donors (Lipinski definition) is 1. The summed E-state index contributed by atoms with van der Waals surface area (Å²) < 4.78 is 97.9. The number of nitrogens with zero attached hydrogens (tertiary/aromatic N) is 3. The van der Waals surface area contributed by atoms with Crippen molar-refractivity contribution in [3.8, 4) is 67.5 Å². The van der Waals surface area contributed by atoms with Gasteiger partial charge in [0, 0.05) is 42.6 Å². The third-order valence-corrected chi connectivity index (χ3v) is 10.7. The van der Waals surface area contributed by atoms with Crippen molar-refractivity contribution >= 4 is 11.0 Å². The number of imidazole rings is 1. The molecular formula is C55H54N3OPt-. The van der Waals surface area contributed by atoms with Crippen LogP contribution in [0.4, 0.5) is 0 Å². The molecule has 0 fully saturated rings. The van der Waals surface area contributed by atoms with Crippen molar-refractivity contribution in [2.45, 2.75) is 85.4 Å². The number of aromatic hydroxyl groups is 1. The molecule has 0 bridgehead atoms. The van der Waals surface area contributed by atoms with Gasteiger partial charge in [-0.25, -0.2) is 4.98 Å². The van der Waals surface area contributed by atoms with Crippen LogP contribution in [0.25, 0.3) is 72.7 Å². The van der Waals surface area contributed by atoms with Gasteiger partial charge in [-0.05, 0) is 86.8 Å². The van der Waals surface area contributed by atoms with Crippen molar-refractivity contribution in [2.75, 3.05) is 0 Å². The first kappa shape index (κ1) is 30.5. The number of pyridine rings is 1. The zero-order valence-electron chi connectivity index (χ0n) is 46.3. The molecule has 0 atom stereocenters. The fourth-order valence-corrected chi connectivity index (χ4v) is 7.31. The number of fused-ring (bicyclic) bond motifs is 1. The average molecular weight is 979 g/mol. The van der Waals surface area contributed by atoms with Gasteiger partial charge in [0.1, 0.15) is 11.6 Å². The summed E-state index contributed by atoms with van der Waals surface area (Å²) in [5.41, 5.74) is 4.82. The van der Waals surface area contributed by atoms with E-state index in [1.807, 2.05) is 114 Å². The third kappa shape index (κ3) is 8.28. The van der Waals surface area contributed by atoms with E-state index in [2.05, 4.69) is 31.8 Å². The van der Waals surface area contributed by atoms with Crippen LogP contribution in [-0.4, -0.2) is 19.6 Å². The van der Waals surface area contributed by atoms with Crippen LogP contribution in [0.1, 0.15) is 99.6 Å². The first-order valence-corrected chi connectivity index (χ1v) is 19.7. The predicted octanol–water partition coefficient (Wildman–Crippen LogP) is 14.5. The van der Waals surface area contributed by atoms with Gasteiger partial charge in [0.15, 0.2) is 0 Å². The monoisotopic (exact) mass is 978 g/mol. The Bertz CT molecular complexity index is 3390. The molecule has 1 N–H and O–H groups in total. The Morgan fingerprint density at radius 1 is 0.650 bits per heavy atom. The minimum absolute atomic E-state index is 0. The second-order valence-corrected chi connectivity index (χ2v) is 18.1. The van der Waals surface area contributed by atoms with Crippen molar-refractivity contribution in [1.29, 1.82) is 0 Å². The van der Waals surface area contributed by atoms with Crippen LogP contribution in [0.15, 0.2) is 139 Å². The van der Waals surface area contributed by atoms with Crippen LogP contribution in [0, 0.1) is 12.9 Å². The van der Waals surface area contributed by atoms with Crippen molar-refractivity contribution in [2.24, 2.45) is 0 Å². The van der Waals surface area contributed by atoms with Crippen molar-refractivity contribution in [3.63, 3.8) is 0 Å². The fraction of sp³-hybridized carbons (Fsp3) is 0.236. The summed E-state index contributed by atoms with van der Waals surface area (Å²) >= 11 is 0. The van der Waals surface area contributed by atoms with E-state index in [0.29, 0.717) is 50.4 Å². The third-order valence-electron chi connectivity index (χ3n) is 10.7. The van der Waals surface area contributed by atoms with Crippen LogP contribution < -0.4 is 0 Å². The Morgan fingerprint density at radius 3 is 2.03 bits per heavy atom. The predicted molar refractivity (Wildman–Crippen MR) is 247 cm³/mol. The molecule has 0 saturated heterocycles. The Morgan fingerprint density at radius 2 is 1.35 bits per heavy atom. The maximum atomic E-state index is 12.4. The Kier molecular flexibility index (Phi) is 8.19. The van der Waals surface area contributed by atoms with Crippen LogP contribution in [0.5, 0.6) is 5.75 Å². The number of hydrogen-bond acceptors (Lipinski definition) is 3. The van der Waals surface area contributed by atoms with Gasteiger partial charge in [0.05, 0.1) is 33.3 Å². The Labute approximate surface area is 386 Å². The summed E-state index contributed by atoms with van der Waals surface area (Å²) in [7, 11) is 0. The number of aromatic nitrogens is 3. The summed E-state index contributed by atoms with van der Waals surface area (Å²) in [6.07, 6.45) is -0.565. The SMILES string of the molecule is [2H]c1nc(-c2[c-]c(-c3cccc4c3nc(-c3cc(C(C)(C)C)cc(C(C)(C)C)c3O)n4-c3ccc(-c4ccccc4)cc3C([2H])([2H])[2H])cc(C(C)(C)C)c2)c([2H])c(-c2c([2H])c([2H])c([2H])c([2H])c2[2H])c1[2H].[Pt]. The number of para-hydroxylation sites is 1. The van der Waals surface area contributed by atoms with Crippen molar-refractivity contribution in [1.82, 2.24) is 14.5 Å². The molecule has 0 aliphatic heterocycles. The number of rotatable bonds is 6. The number of benzene rings is 6. The molecule has 5 heteroatoms. The average Bonchev–Trinajstić information content (AvgIpc) is 3.68. The van der Waals surface area contributed by atoms with Crippen molar-refractivity contribution < 1.29 is 41.3 Å². The van der Waals surface area contributed by atoms with Gasteiger partial charge in [-0.1, -0.05) is 164 Å². The molecule has 4 nitrogen and oxygen atoms in total. The molecule has 0 aliphatic rings. The van der Waals surface area contributed by atoms with Gasteiger partial charge in [-0.2, -0.15) is 0 Å². The molecule has 2 heterocycles. The molecule has 0 spiro atoms. The first-order chi connectivity index (χ1) is 32.5. The second-order valence-electron chi connectivity index (χ2n) is 18.1. The van der Waals surface area contributed by atoms with Gasteiger partial charge >= 0.3 is 0 Å². The van der Waals surface area contributed by atoms with Crippen LogP contribution in [0.2, 0.25) is 0 Å². The van der Waals surface area contributed by atoms with Crippen LogP contribution in [0.3, 0.4) is 0 Å². The normalized spacial score (nSPS) is 14.9. The quantitative estimate of drug-likeness (QED) is 0.169. The molecule has 6 aromatic carbocycles. The molecule has 0 amide bonds. The molecule has 0 aliphatic carbocycles. The fourth-order valence-electron chi connectivity index (χ4n) is 7.31. The van der Waals surface area contributed by atoms with E-state index in [0.717, 1.165) is 16.7 Å². The minimum Gasteiger partial charge on any atom is -0.507 e. The summed E-state index contributed by atoms with van der Waals surface area (Å²) in [4.78, 5) is 9.78. The number of aryl methyl sites for hydroxylation is 1. The van der Waals surface area contributed by atoms with Gasteiger partial charge in [-0.15, -0.1) is 29.3 Å². The van der Waals surface area contributed by atoms with Gasteiger partial charge in [-0.3, -0.25) is 9.55 Å². The molecule has 0 saturated carbocycles. The topological polar surface area (TPSA) is 50.9 Å². The van der Waals surface area contributed by atoms with E-state index < -0.39 is 66.2 Å². The largest absolute Gasteiger partial charge is 0.507 e. The molecule has 8 aromatic rings. The summed E-state index contributed by atoms with van der Waals surface area (Å²) in [5, 5.41) is 12.4. The summed E-state index contributed by atoms with van der Waals surface area (Å²) in [5.74, 6) is 0.302. The maximum Gasteiger partial charge on any atom is 0.148 e. The van der Waals surface area contributed by atoms with E-state index in [4.69, 9.17) is 18.7 Å². The van der Waals surface area contributed by atoms with E-state index >= 15 is 0 Å². The summed E-state index contributed by atoms with van der Waals surface area (Å²) in [6.45, 7) is 15.8. The number of phenols is 1. The Balaban J connectivity index is 0.00000741. The molecule has 2 aromatic heterocycles. The van der Waals surface area contributed by atoms with Crippen LogP contribution in [-0.2, 0) is 37.3 Å². The van der Waals surface area contributed by atoms with Crippen LogP contribution >= 0.6 is 0 Å². The van der Waals surface area contributed by atoms with Crippen molar-refractivity contribution in [3.05, 3.63) is 168 Å². The maximum absolute atomic E-state index is 12.4. The summed E-state index contributed by atoms with van der Waals surface area (Å²) in [6, 6.07) is 27.4. The van der Waals surface area contributed by atoms with Gasteiger partial charge < -0.3 is 5.11 Å². The van der Waals surface area contributed by atoms with Gasteiger partial charge in [0.25, 0.3) is 0 Å². The smallest absolute Gasteiger partial charge is 0.148 e. The van der Waals surface area contributed by atoms with E-state index in [1.54, 1.807) is 22.8 Å². The Hall–Kier alpha value is -5.57. The zero-order chi connectivity index (χ0) is 51.3. The standard InChI is InChI=1S/C55H54N3O.Pt/c1-35-28-38(36-18-13-11-14-19-36)24-25-48(35)58-49-23-17-22-44(50(49)57-52(58)45-33-43(54(5,6)7)34-46(51(45)59)55(8,9)10)40-29-41(31-42(30-40)53(2,3)4)47-32-39(26-27-56-47)37-20-15-12-16-21-37;/h11-28,30-34,59H,1-10H3;/q-1;/i1D3,12D,15D,16D,20D,21D,26D,27D,32D;. The van der Waals surface area contributed by atoms with E-state index in [1.165, 1.54) is 0 Å².